The van der Waals surface area contributed by atoms with Crippen LogP contribution < -0.4 is 14.4 Å². The van der Waals surface area contributed by atoms with Crippen LogP contribution in [-0.4, -0.2) is 38.0 Å². The molecule has 0 fully saturated rings. The molecule has 0 radical (unpaired) electrons. The number of benzene rings is 3. The van der Waals surface area contributed by atoms with Crippen LogP contribution >= 0.6 is 0 Å². The van der Waals surface area contributed by atoms with Crippen molar-refractivity contribution in [2.24, 2.45) is 0 Å². The topological polar surface area (TPSA) is 59.1 Å². The molecule has 6 heteroatoms. The minimum Gasteiger partial charge on any atom is -0.497 e. The maximum atomic E-state index is 13.7. The third-order valence-electron chi connectivity index (χ3n) is 5.39. The molecule has 0 atom stereocenters. The highest BCUT2D eigenvalue weighted by Crippen LogP contribution is 2.38. The number of carbonyl (C=O) groups is 2. The summed E-state index contributed by atoms with van der Waals surface area (Å²) in [6.07, 6.45) is 0. The van der Waals surface area contributed by atoms with Crippen molar-refractivity contribution in [2.45, 2.75) is 6.54 Å². The van der Waals surface area contributed by atoms with Crippen molar-refractivity contribution < 1.29 is 19.1 Å². The fourth-order valence-electron chi connectivity index (χ4n) is 3.89. The summed E-state index contributed by atoms with van der Waals surface area (Å²) in [6.45, 7) is 0.472. The molecule has 162 valence electrons. The zero-order chi connectivity index (χ0) is 22.7. The van der Waals surface area contributed by atoms with Gasteiger partial charge in [-0.25, -0.2) is 4.90 Å². The van der Waals surface area contributed by atoms with Gasteiger partial charge in [-0.3, -0.25) is 9.59 Å². The van der Waals surface area contributed by atoms with Crippen molar-refractivity contribution >= 4 is 23.1 Å². The van der Waals surface area contributed by atoms with E-state index < -0.39 is 5.91 Å². The summed E-state index contributed by atoms with van der Waals surface area (Å²) in [7, 11) is 4.91. The molecule has 4 rings (SSSR count). The van der Waals surface area contributed by atoms with Crippen LogP contribution in [0.25, 0.3) is 5.57 Å². The Bertz CT molecular complexity index is 1190. The van der Waals surface area contributed by atoms with Gasteiger partial charge in [-0.05, 0) is 23.8 Å². The van der Waals surface area contributed by atoms with Crippen LogP contribution in [0.1, 0.15) is 11.1 Å². The number of carbonyl (C=O) groups excluding carboxylic acids is 2. The molecular weight excluding hydrogens is 404 g/mol. The average molecular weight is 428 g/mol. The summed E-state index contributed by atoms with van der Waals surface area (Å²) in [5.74, 6) is 0.306. The molecule has 0 aromatic heterocycles. The second-order valence-corrected chi connectivity index (χ2v) is 7.41. The molecule has 6 nitrogen and oxygen atoms in total. The van der Waals surface area contributed by atoms with Crippen LogP contribution in [0, 0.1) is 0 Å². The molecule has 0 saturated heterocycles. The Labute approximate surface area is 187 Å². The second-order valence-electron chi connectivity index (χ2n) is 7.41. The molecule has 0 unspecified atom stereocenters. The van der Waals surface area contributed by atoms with Gasteiger partial charge in [0.25, 0.3) is 11.8 Å². The van der Waals surface area contributed by atoms with E-state index >= 15 is 0 Å². The third kappa shape index (κ3) is 3.83. The number of ether oxygens (including phenoxy) is 2. The molecule has 0 spiro atoms. The smallest absolute Gasteiger partial charge is 0.282 e. The Kier molecular flexibility index (Phi) is 5.94. The normalized spacial score (nSPS) is 13.5. The number of rotatable bonds is 7. The molecule has 0 aliphatic carbocycles. The third-order valence-corrected chi connectivity index (χ3v) is 5.39. The fraction of sp³-hybridized carbons (Fsp3) is 0.154. The van der Waals surface area contributed by atoms with Gasteiger partial charge in [0.1, 0.15) is 17.2 Å². The number of para-hydroxylation sites is 1. The number of amides is 2. The van der Waals surface area contributed by atoms with Gasteiger partial charge in [0.2, 0.25) is 0 Å². The molecular formula is C26H24N2O4. The zero-order valence-electron chi connectivity index (χ0n) is 18.2. The second kappa shape index (κ2) is 8.98. The minimum absolute atomic E-state index is 0.314. The predicted molar refractivity (Wildman–Crippen MR) is 123 cm³/mol. The maximum Gasteiger partial charge on any atom is 0.282 e. The monoisotopic (exact) mass is 428 g/mol. The highest BCUT2D eigenvalue weighted by atomic mass is 16.5. The summed E-state index contributed by atoms with van der Waals surface area (Å²) >= 11 is 0. The first-order chi connectivity index (χ1) is 15.5. The largest absolute Gasteiger partial charge is 0.497 e. The van der Waals surface area contributed by atoms with E-state index in [1.54, 1.807) is 50.6 Å². The van der Waals surface area contributed by atoms with Crippen LogP contribution in [0.3, 0.4) is 0 Å². The zero-order valence-corrected chi connectivity index (χ0v) is 18.2. The maximum absolute atomic E-state index is 13.7. The summed E-state index contributed by atoms with van der Waals surface area (Å²) < 4.78 is 10.8. The standard InChI is InChI=1S/C26H24N2O4/c1-27(17-18-10-5-4-6-11-18)24-23(21-14-7-8-15-22(21)32-3)25(29)28(26(24)30)19-12-9-13-20(16-19)31-2/h4-16H,17H2,1-3H3. The summed E-state index contributed by atoms with van der Waals surface area (Å²) in [6, 6.07) is 24.0. The van der Waals surface area contributed by atoms with Gasteiger partial charge in [-0.2, -0.15) is 0 Å². The van der Waals surface area contributed by atoms with Crippen molar-refractivity contribution in [3.63, 3.8) is 0 Å². The molecule has 0 N–H and O–H groups in total. The van der Waals surface area contributed by atoms with Crippen molar-refractivity contribution in [2.75, 3.05) is 26.2 Å². The van der Waals surface area contributed by atoms with Gasteiger partial charge >= 0.3 is 0 Å². The van der Waals surface area contributed by atoms with Gasteiger partial charge in [0.15, 0.2) is 0 Å². The summed E-state index contributed by atoms with van der Waals surface area (Å²) in [4.78, 5) is 30.3. The Balaban J connectivity index is 1.84. The highest BCUT2D eigenvalue weighted by molar-refractivity contribution is 6.45. The number of methoxy groups -OCH3 is 2. The van der Waals surface area contributed by atoms with Crippen molar-refractivity contribution in [3.05, 3.63) is 95.7 Å². The van der Waals surface area contributed by atoms with E-state index in [0.29, 0.717) is 40.6 Å². The Morgan fingerprint density at radius 3 is 2.25 bits per heavy atom. The average Bonchev–Trinajstić information content (AvgIpc) is 3.09. The lowest BCUT2D eigenvalue weighted by atomic mass is 10.0. The molecule has 3 aromatic carbocycles. The molecule has 32 heavy (non-hydrogen) atoms. The number of hydrogen-bond donors (Lipinski definition) is 0. The Morgan fingerprint density at radius 2 is 1.53 bits per heavy atom. The number of nitrogens with zero attached hydrogens (tertiary/aromatic N) is 2. The fourth-order valence-corrected chi connectivity index (χ4v) is 3.89. The van der Waals surface area contributed by atoms with Crippen LogP contribution in [0.2, 0.25) is 0 Å². The van der Waals surface area contributed by atoms with Crippen LogP contribution in [0.4, 0.5) is 5.69 Å². The lowest BCUT2D eigenvalue weighted by molar-refractivity contribution is -0.120. The number of likely N-dealkylation sites (N-methyl/N-ethyl adjacent to an activating group) is 1. The Morgan fingerprint density at radius 1 is 0.812 bits per heavy atom. The van der Waals surface area contributed by atoms with Gasteiger partial charge < -0.3 is 14.4 Å². The van der Waals surface area contributed by atoms with E-state index in [1.165, 1.54) is 4.90 Å². The van der Waals surface area contributed by atoms with E-state index in [-0.39, 0.29) is 5.91 Å². The molecule has 3 aromatic rings. The van der Waals surface area contributed by atoms with Crippen LogP contribution in [0.5, 0.6) is 11.5 Å². The van der Waals surface area contributed by atoms with Gasteiger partial charge in [0, 0.05) is 25.2 Å². The number of anilines is 1. The van der Waals surface area contributed by atoms with Crippen LogP contribution in [0.15, 0.2) is 84.6 Å². The lowest BCUT2D eigenvalue weighted by Gasteiger charge is -2.22. The van der Waals surface area contributed by atoms with E-state index in [4.69, 9.17) is 9.47 Å². The van der Waals surface area contributed by atoms with Gasteiger partial charge in [-0.15, -0.1) is 0 Å². The minimum atomic E-state index is -0.400. The molecule has 0 saturated carbocycles. The summed E-state index contributed by atoms with van der Waals surface area (Å²) in [5.41, 5.74) is 2.70. The highest BCUT2D eigenvalue weighted by Gasteiger charge is 2.42. The van der Waals surface area contributed by atoms with E-state index in [2.05, 4.69) is 0 Å². The van der Waals surface area contributed by atoms with Crippen molar-refractivity contribution in [1.29, 1.82) is 0 Å². The molecule has 2 amide bonds. The lowest BCUT2D eigenvalue weighted by Crippen LogP contribution is -2.34. The molecule has 1 aliphatic heterocycles. The van der Waals surface area contributed by atoms with E-state index in [9.17, 15) is 9.59 Å². The SMILES string of the molecule is COc1cccc(N2C(=O)C(c3ccccc3OC)=C(N(C)Cc3ccccc3)C2=O)c1. The van der Waals surface area contributed by atoms with Gasteiger partial charge in [-0.1, -0.05) is 54.6 Å². The predicted octanol–water partition coefficient (Wildman–Crippen LogP) is 4.12. The van der Waals surface area contributed by atoms with E-state index in [0.717, 1.165) is 5.56 Å². The number of imide groups is 1. The van der Waals surface area contributed by atoms with Crippen molar-refractivity contribution in [1.82, 2.24) is 4.90 Å². The molecule has 0 bridgehead atoms. The Hall–Kier alpha value is -4.06. The van der Waals surface area contributed by atoms with E-state index in [1.807, 2.05) is 54.4 Å². The summed E-state index contributed by atoms with van der Waals surface area (Å²) in [5, 5.41) is 0. The first-order valence-corrected chi connectivity index (χ1v) is 10.2. The quantitative estimate of drug-likeness (QED) is 0.530. The molecule has 1 heterocycles. The number of hydrogen-bond acceptors (Lipinski definition) is 5. The van der Waals surface area contributed by atoms with Gasteiger partial charge in [0.05, 0.1) is 25.5 Å². The van der Waals surface area contributed by atoms with Crippen molar-refractivity contribution in [3.8, 4) is 11.5 Å². The first kappa shape index (κ1) is 21.2. The van der Waals surface area contributed by atoms with Crippen LogP contribution in [-0.2, 0) is 16.1 Å². The first-order valence-electron chi connectivity index (χ1n) is 10.2. The molecule has 1 aliphatic rings.